The molecule has 0 aliphatic heterocycles. The molecule has 0 saturated carbocycles. The summed E-state index contributed by atoms with van der Waals surface area (Å²) in [6, 6.07) is 2.39. The first-order valence-electron chi connectivity index (χ1n) is 2.94. The largest absolute Gasteiger partial charge is 0.478 e. The van der Waals surface area contributed by atoms with Gasteiger partial charge in [0.1, 0.15) is 0 Å². The number of halogens is 2. The van der Waals surface area contributed by atoms with Gasteiger partial charge in [-0.15, -0.1) is 12.6 Å². The Bertz CT molecular complexity index is 340. The van der Waals surface area contributed by atoms with E-state index in [4.69, 9.17) is 16.7 Å². The van der Waals surface area contributed by atoms with Crippen LogP contribution in [0.5, 0.6) is 0 Å². The van der Waals surface area contributed by atoms with Crippen molar-refractivity contribution in [1.29, 1.82) is 0 Å². The summed E-state index contributed by atoms with van der Waals surface area (Å²) in [5.41, 5.74) is -0.194. The summed E-state index contributed by atoms with van der Waals surface area (Å²) >= 11 is 9.05. The van der Waals surface area contributed by atoms with Crippen molar-refractivity contribution in [3.8, 4) is 0 Å². The molecule has 1 aromatic carbocycles. The van der Waals surface area contributed by atoms with Crippen molar-refractivity contribution >= 4 is 30.2 Å². The van der Waals surface area contributed by atoms with Crippen molar-refractivity contribution in [2.75, 3.05) is 0 Å². The first-order chi connectivity index (χ1) is 5.54. The third-order valence-corrected chi connectivity index (χ3v) is 2.03. The van der Waals surface area contributed by atoms with Crippen molar-refractivity contribution < 1.29 is 14.3 Å². The number of hydrogen-bond donors (Lipinski definition) is 2. The summed E-state index contributed by atoms with van der Waals surface area (Å²) in [4.78, 5) is 10.2. The monoisotopic (exact) mass is 206 g/mol. The van der Waals surface area contributed by atoms with Gasteiger partial charge in [-0.25, -0.2) is 9.18 Å². The average molecular weight is 207 g/mol. The number of carboxylic acid groups (broad SMARTS) is 1. The van der Waals surface area contributed by atoms with E-state index in [1.54, 1.807) is 0 Å². The minimum absolute atomic E-state index is 0.134. The van der Waals surface area contributed by atoms with Crippen LogP contribution in [-0.2, 0) is 0 Å². The lowest BCUT2D eigenvalue weighted by Crippen LogP contribution is -1.99. The molecule has 5 heteroatoms. The Morgan fingerprint density at radius 1 is 1.58 bits per heavy atom. The number of benzene rings is 1. The molecule has 2 nitrogen and oxygen atoms in total. The van der Waals surface area contributed by atoms with E-state index in [1.165, 1.54) is 12.1 Å². The van der Waals surface area contributed by atoms with E-state index in [2.05, 4.69) is 12.6 Å². The van der Waals surface area contributed by atoms with E-state index in [0.717, 1.165) is 0 Å². The second kappa shape index (κ2) is 3.33. The van der Waals surface area contributed by atoms with E-state index in [-0.39, 0.29) is 15.5 Å². The Morgan fingerprint density at radius 3 is 2.67 bits per heavy atom. The van der Waals surface area contributed by atoms with Crippen molar-refractivity contribution in [3.05, 3.63) is 28.5 Å². The van der Waals surface area contributed by atoms with Crippen molar-refractivity contribution in [2.24, 2.45) is 0 Å². The Kier molecular flexibility index (Phi) is 2.59. The Balaban J connectivity index is 3.36. The maximum absolute atomic E-state index is 12.9. The van der Waals surface area contributed by atoms with Gasteiger partial charge in [0.2, 0.25) is 0 Å². The molecule has 0 amide bonds. The molecule has 1 rings (SSSR count). The standard InChI is InChI=1S/C7H4ClFO2S/c8-4-2-1-3(7(10)11)6(12)5(4)9/h1-2,12H,(H,10,11). The average Bonchev–Trinajstić information content (AvgIpc) is 2.00. The molecule has 0 aliphatic carbocycles. The molecule has 0 atom stereocenters. The zero-order valence-electron chi connectivity index (χ0n) is 5.71. The second-order valence-electron chi connectivity index (χ2n) is 2.06. The molecule has 12 heavy (non-hydrogen) atoms. The Morgan fingerprint density at radius 2 is 2.17 bits per heavy atom. The number of aromatic carboxylic acids is 1. The SMILES string of the molecule is O=C(O)c1ccc(Cl)c(F)c1S. The summed E-state index contributed by atoms with van der Waals surface area (Å²) in [5, 5.41) is 8.39. The maximum atomic E-state index is 12.9. The summed E-state index contributed by atoms with van der Waals surface area (Å²) in [6.07, 6.45) is 0. The highest BCUT2D eigenvalue weighted by Crippen LogP contribution is 2.24. The van der Waals surface area contributed by atoms with Gasteiger partial charge in [0.25, 0.3) is 0 Å². The predicted molar refractivity (Wildman–Crippen MR) is 45.6 cm³/mol. The maximum Gasteiger partial charge on any atom is 0.336 e. The van der Waals surface area contributed by atoms with Crippen LogP contribution in [0.4, 0.5) is 4.39 Å². The fourth-order valence-electron chi connectivity index (χ4n) is 0.713. The number of thiol groups is 1. The summed E-state index contributed by atoms with van der Waals surface area (Å²) in [6.45, 7) is 0. The van der Waals surface area contributed by atoms with Gasteiger partial charge in [-0.3, -0.25) is 0 Å². The van der Waals surface area contributed by atoms with Gasteiger partial charge < -0.3 is 5.11 Å². The second-order valence-corrected chi connectivity index (χ2v) is 2.92. The van der Waals surface area contributed by atoms with E-state index in [1.807, 2.05) is 0 Å². The molecular weight excluding hydrogens is 203 g/mol. The first-order valence-corrected chi connectivity index (χ1v) is 3.77. The molecule has 0 fully saturated rings. The van der Waals surface area contributed by atoms with Crippen molar-refractivity contribution in [2.45, 2.75) is 4.90 Å². The predicted octanol–water partition coefficient (Wildman–Crippen LogP) is 2.47. The molecule has 0 saturated heterocycles. The highest BCUT2D eigenvalue weighted by molar-refractivity contribution is 7.80. The number of carbonyl (C=O) groups is 1. The minimum atomic E-state index is -1.23. The zero-order valence-corrected chi connectivity index (χ0v) is 7.36. The number of carboxylic acids is 1. The van der Waals surface area contributed by atoms with Crippen LogP contribution in [0.3, 0.4) is 0 Å². The normalized spacial score (nSPS) is 9.92. The highest BCUT2D eigenvalue weighted by atomic mass is 35.5. The lowest BCUT2D eigenvalue weighted by molar-refractivity contribution is 0.0692. The van der Waals surface area contributed by atoms with Gasteiger partial charge >= 0.3 is 5.97 Å². The molecule has 1 N–H and O–H groups in total. The highest BCUT2D eigenvalue weighted by Gasteiger charge is 2.13. The lowest BCUT2D eigenvalue weighted by atomic mass is 10.2. The van der Waals surface area contributed by atoms with Gasteiger partial charge in [-0.1, -0.05) is 11.6 Å². The third kappa shape index (κ3) is 1.54. The van der Waals surface area contributed by atoms with Gasteiger partial charge in [0.15, 0.2) is 5.82 Å². The molecule has 0 aromatic heterocycles. The molecule has 64 valence electrons. The third-order valence-electron chi connectivity index (χ3n) is 1.30. The van der Waals surface area contributed by atoms with Crippen LogP contribution in [0, 0.1) is 5.82 Å². The van der Waals surface area contributed by atoms with E-state index in [9.17, 15) is 9.18 Å². The Labute approximate surface area is 78.4 Å². The molecule has 0 spiro atoms. The molecule has 0 aliphatic rings. The van der Waals surface area contributed by atoms with E-state index < -0.39 is 11.8 Å². The summed E-state index contributed by atoms with van der Waals surface area (Å²) in [5.74, 6) is -2.03. The van der Waals surface area contributed by atoms with Crippen LogP contribution in [0.25, 0.3) is 0 Å². The molecular formula is C7H4ClFO2S. The van der Waals surface area contributed by atoms with Gasteiger partial charge in [-0.2, -0.15) is 0 Å². The van der Waals surface area contributed by atoms with Crippen LogP contribution in [-0.4, -0.2) is 11.1 Å². The van der Waals surface area contributed by atoms with Crippen LogP contribution >= 0.6 is 24.2 Å². The van der Waals surface area contributed by atoms with Crippen LogP contribution < -0.4 is 0 Å². The van der Waals surface area contributed by atoms with Crippen LogP contribution in [0.1, 0.15) is 10.4 Å². The molecule has 1 aromatic rings. The van der Waals surface area contributed by atoms with Gasteiger partial charge in [0.05, 0.1) is 15.5 Å². The topological polar surface area (TPSA) is 37.3 Å². The fraction of sp³-hybridized carbons (Fsp3) is 0. The summed E-state index contributed by atoms with van der Waals surface area (Å²) in [7, 11) is 0. The molecule has 0 heterocycles. The van der Waals surface area contributed by atoms with Gasteiger partial charge in [0, 0.05) is 0 Å². The molecule has 0 unspecified atom stereocenters. The lowest BCUT2D eigenvalue weighted by Gasteiger charge is -2.01. The minimum Gasteiger partial charge on any atom is -0.478 e. The number of rotatable bonds is 1. The summed E-state index contributed by atoms with van der Waals surface area (Å²) < 4.78 is 12.9. The van der Waals surface area contributed by atoms with Gasteiger partial charge in [-0.05, 0) is 12.1 Å². The van der Waals surface area contributed by atoms with E-state index >= 15 is 0 Å². The first kappa shape index (κ1) is 9.35. The van der Waals surface area contributed by atoms with E-state index in [0.29, 0.717) is 0 Å². The molecule has 0 bridgehead atoms. The Hall–Kier alpha value is -0.740. The van der Waals surface area contributed by atoms with Crippen molar-refractivity contribution in [3.63, 3.8) is 0 Å². The van der Waals surface area contributed by atoms with Crippen LogP contribution in [0.15, 0.2) is 17.0 Å². The van der Waals surface area contributed by atoms with Crippen LogP contribution in [0.2, 0.25) is 5.02 Å². The fourth-order valence-corrected chi connectivity index (χ4v) is 1.23. The quantitative estimate of drug-likeness (QED) is 0.693. The zero-order chi connectivity index (χ0) is 9.30. The van der Waals surface area contributed by atoms with Crippen molar-refractivity contribution in [1.82, 2.24) is 0 Å². The number of hydrogen-bond acceptors (Lipinski definition) is 2. The molecule has 0 radical (unpaired) electrons. The smallest absolute Gasteiger partial charge is 0.336 e.